The lowest BCUT2D eigenvalue weighted by atomic mass is 9.96. The third kappa shape index (κ3) is 5.59. The second-order valence-corrected chi connectivity index (χ2v) is 6.29. The minimum absolute atomic E-state index is 0.00380. The Morgan fingerprint density at radius 1 is 1.11 bits per heavy atom. The number of hydrogen-bond donors (Lipinski definition) is 1. The molecular weight excluding hydrogens is 242 g/mol. The van der Waals surface area contributed by atoms with E-state index in [1.807, 2.05) is 25.7 Å². The van der Waals surface area contributed by atoms with E-state index in [1.165, 1.54) is 0 Å². The van der Waals surface area contributed by atoms with Gasteiger partial charge in [0.25, 0.3) is 0 Å². The summed E-state index contributed by atoms with van der Waals surface area (Å²) in [7, 11) is 2.08. The van der Waals surface area contributed by atoms with Crippen molar-refractivity contribution in [1.29, 1.82) is 0 Å². The van der Waals surface area contributed by atoms with Crippen LogP contribution >= 0.6 is 0 Å². The molecule has 1 N–H and O–H groups in total. The maximum absolute atomic E-state index is 12.0. The molecule has 0 aromatic rings. The molecule has 1 aliphatic rings. The summed E-state index contributed by atoms with van der Waals surface area (Å²) in [6.45, 7) is 9.64. The van der Waals surface area contributed by atoms with Gasteiger partial charge in [-0.1, -0.05) is 20.8 Å². The summed E-state index contributed by atoms with van der Waals surface area (Å²) in [6.07, 6.45) is 1.42. The summed E-state index contributed by atoms with van der Waals surface area (Å²) in [4.78, 5) is 27.9. The van der Waals surface area contributed by atoms with Gasteiger partial charge in [0.2, 0.25) is 11.8 Å². The van der Waals surface area contributed by atoms with Gasteiger partial charge in [-0.3, -0.25) is 9.59 Å². The molecule has 110 valence electrons. The first kappa shape index (κ1) is 16.0. The summed E-state index contributed by atoms with van der Waals surface area (Å²) in [6, 6.07) is 0. The lowest BCUT2D eigenvalue weighted by Crippen LogP contribution is -2.39. The van der Waals surface area contributed by atoms with E-state index in [0.29, 0.717) is 13.0 Å². The lowest BCUT2D eigenvalue weighted by molar-refractivity contribution is -0.131. The minimum Gasteiger partial charge on any atom is -0.355 e. The normalized spacial score (nSPS) is 18.0. The molecule has 1 aliphatic heterocycles. The smallest absolute Gasteiger partial charge is 0.225 e. The van der Waals surface area contributed by atoms with Gasteiger partial charge in [0.15, 0.2) is 0 Å². The SMILES string of the molecule is CN1CCCN(C(=O)CCNC(=O)C(C)(C)C)CC1. The van der Waals surface area contributed by atoms with E-state index in [9.17, 15) is 9.59 Å². The largest absolute Gasteiger partial charge is 0.355 e. The van der Waals surface area contributed by atoms with Crippen LogP contribution in [0, 0.1) is 5.41 Å². The van der Waals surface area contributed by atoms with Gasteiger partial charge >= 0.3 is 0 Å². The van der Waals surface area contributed by atoms with Crippen molar-refractivity contribution in [1.82, 2.24) is 15.1 Å². The molecule has 0 atom stereocenters. The average molecular weight is 269 g/mol. The quantitative estimate of drug-likeness (QED) is 0.820. The minimum atomic E-state index is -0.394. The van der Waals surface area contributed by atoms with Crippen molar-refractivity contribution in [2.45, 2.75) is 33.6 Å². The Labute approximate surface area is 116 Å². The van der Waals surface area contributed by atoms with Crippen LogP contribution in [0.2, 0.25) is 0 Å². The van der Waals surface area contributed by atoms with Gasteiger partial charge < -0.3 is 15.1 Å². The molecule has 1 saturated heterocycles. The van der Waals surface area contributed by atoms with Gasteiger partial charge in [-0.05, 0) is 20.0 Å². The predicted octanol–water partition coefficient (Wildman–Crippen LogP) is 0.703. The zero-order valence-electron chi connectivity index (χ0n) is 12.7. The number of hydrogen-bond acceptors (Lipinski definition) is 3. The molecule has 0 saturated carbocycles. The summed E-state index contributed by atoms with van der Waals surface area (Å²) in [5.41, 5.74) is -0.394. The van der Waals surface area contributed by atoms with Gasteiger partial charge in [-0.2, -0.15) is 0 Å². The molecule has 0 bridgehead atoms. The van der Waals surface area contributed by atoms with Crippen LogP contribution in [0.4, 0.5) is 0 Å². The van der Waals surface area contributed by atoms with Crippen LogP contribution in [0.25, 0.3) is 0 Å². The maximum atomic E-state index is 12.0. The van der Waals surface area contributed by atoms with Crippen LogP contribution in [0.15, 0.2) is 0 Å². The first-order valence-corrected chi connectivity index (χ1v) is 7.05. The van der Waals surface area contributed by atoms with Crippen LogP contribution < -0.4 is 5.32 Å². The Kier molecular flexibility index (Phi) is 5.79. The molecule has 1 fully saturated rings. The number of rotatable bonds is 3. The number of nitrogens with zero attached hydrogens (tertiary/aromatic N) is 2. The van der Waals surface area contributed by atoms with E-state index in [2.05, 4.69) is 17.3 Å². The monoisotopic (exact) mass is 269 g/mol. The molecule has 0 aliphatic carbocycles. The molecule has 19 heavy (non-hydrogen) atoms. The molecule has 0 radical (unpaired) electrons. The van der Waals surface area contributed by atoms with E-state index in [1.54, 1.807) is 0 Å². The van der Waals surface area contributed by atoms with E-state index < -0.39 is 5.41 Å². The molecule has 1 rings (SSSR count). The molecule has 0 aromatic heterocycles. The van der Waals surface area contributed by atoms with Crippen molar-refractivity contribution in [3.63, 3.8) is 0 Å². The fourth-order valence-electron chi connectivity index (χ4n) is 2.00. The van der Waals surface area contributed by atoms with Gasteiger partial charge in [0.05, 0.1) is 0 Å². The fraction of sp³-hybridized carbons (Fsp3) is 0.857. The predicted molar refractivity (Wildman–Crippen MR) is 75.8 cm³/mol. The highest BCUT2D eigenvalue weighted by Crippen LogP contribution is 2.12. The summed E-state index contributed by atoms with van der Waals surface area (Å²) >= 11 is 0. The molecule has 5 nitrogen and oxygen atoms in total. The number of carbonyl (C=O) groups is 2. The van der Waals surface area contributed by atoms with Gasteiger partial charge in [-0.15, -0.1) is 0 Å². The first-order valence-electron chi connectivity index (χ1n) is 7.05. The Balaban J connectivity index is 2.29. The molecule has 0 unspecified atom stereocenters. The highest BCUT2D eigenvalue weighted by atomic mass is 16.2. The number of amides is 2. The van der Waals surface area contributed by atoms with E-state index in [4.69, 9.17) is 0 Å². The first-order chi connectivity index (χ1) is 8.80. The Morgan fingerprint density at radius 3 is 2.42 bits per heavy atom. The van der Waals surface area contributed by atoms with Crippen molar-refractivity contribution in [3.05, 3.63) is 0 Å². The van der Waals surface area contributed by atoms with Gasteiger partial charge in [-0.25, -0.2) is 0 Å². The Hall–Kier alpha value is -1.10. The highest BCUT2D eigenvalue weighted by molar-refractivity contribution is 5.82. The van der Waals surface area contributed by atoms with Gasteiger partial charge in [0, 0.05) is 38.0 Å². The molecule has 0 aromatic carbocycles. The number of nitrogens with one attached hydrogen (secondary N) is 1. The van der Waals surface area contributed by atoms with Crippen molar-refractivity contribution >= 4 is 11.8 Å². The third-order valence-corrected chi connectivity index (χ3v) is 3.38. The lowest BCUT2D eigenvalue weighted by Gasteiger charge is -2.21. The highest BCUT2D eigenvalue weighted by Gasteiger charge is 2.21. The summed E-state index contributed by atoms with van der Waals surface area (Å²) in [5, 5.41) is 2.82. The van der Waals surface area contributed by atoms with Gasteiger partial charge in [0.1, 0.15) is 0 Å². The molecule has 1 heterocycles. The van der Waals surface area contributed by atoms with Crippen LogP contribution in [-0.4, -0.2) is 61.4 Å². The fourth-order valence-corrected chi connectivity index (χ4v) is 2.00. The van der Waals surface area contributed by atoms with Crippen molar-refractivity contribution in [2.75, 3.05) is 39.8 Å². The zero-order valence-corrected chi connectivity index (χ0v) is 12.7. The van der Waals surface area contributed by atoms with Crippen molar-refractivity contribution in [2.24, 2.45) is 5.41 Å². The topological polar surface area (TPSA) is 52.6 Å². The maximum Gasteiger partial charge on any atom is 0.225 e. The van der Waals surface area contributed by atoms with Crippen LogP contribution in [0.5, 0.6) is 0 Å². The third-order valence-electron chi connectivity index (χ3n) is 3.38. The number of likely N-dealkylation sites (N-methyl/N-ethyl adjacent to an activating group) is 1. The van der Waals surface area contributed by atoms with Crippen LogP contribution in [-0.2, 0) is 9.59 Å². The zero-order chi connectivity index (χ0) is 14.5. The van der Waals surface area contributed by atoms with Crippen molar-refractivity contribution < 1.29 is 9.59 Å². The molecule has 2 amide bonds. The number of carbonyl (C=O) groups excluding carboxylic acids is 2. The van der Waals surface area contributed by atoms with E-state index in [0.717, 1.165) is 32.6 Å². The van der Waals surface area contributed by atoms with Crippen molar-refractivity contribution in [3.8, 4) is 0 Å². The second kappa shape index (κ2) is 6.89. The standard InChI is InChI=1S/C14H27N3O2/c1-14(2,3)13(19)15-7-6-12(18)17-9-5-8-16(4)10-11-17/h5-11H2,1-4H3,(H,15,19). The summed E-state index contributed by atoms with van der Waals surface area (Å²) in [5.74, 6) is 0.139. The molecular formula is C14H27N3O2. The van der Waals surface area contributed by atoms with Crippen LogP contribution in [0.1, 0.15) is 33.6 Å². The molecule has 0 spiro atoms. The van der Waals surface area contributed by atoms with E-state index in [-0.39, 0.29) is 11.8 Å². The second-order valence-electron chi connectivity index (χ2n) is 6.29. The average Bonchev–Trinajstić information content (AvgIpc) is 2.52. The Morgan fingerprint density at radius 2 is 1.79 bits per heavy atom. The molecule has 5 heteroatoms. The Bertz CT molecular complexity index is 323. The van der Waals surface area contributed by atoms with E-state index >= 15 is 0 Å². The summed E-state index contributed by atoms with van der Waals surface area (Å²) < 4.78 is 0. The van der Waals surface area contributed by atoms with Crippen LogP contribution in [0.3, 0.4) is 0 Å².